The maximum Gasteiger partial charge on any atom is 0.211 e. The average molecular weight is 276 g/mol. The third kappa shape index (κ3) is 3.91. The van der Waals surface area contributed by atoms with Gasteiger partial charge in [0, 0.05) is 25.2 Å². The van der Waals surface area contributed by atoms with Crippen molar-refractivity contribution in [3.8, 4) is 0 Å². The van der Waals surface area contributed by atoms with Crippen molar-refractivity contribution < 1.29 is 13.5 Å². The molecular weight excluding hydrogens is 252 g/mol. The Bertz CT molecular complexity index is 356. The summed E-state index contributed by atoms with van der Waals surface area (Å²) in [5.74, 6) is 0. The van der Waals surface area contributed by atoms with Gasteiger partial charge in [0.15, 0.2) is 0 Å². The van der Waals surface area contributed by atoms with E-state index in [0.717, 1.165) is 38.5 Å². The quantitative estimate of drug-likeness (QED) is 0.778. The first-order valence-electron chi connectivity index (χ1n) is 6.84. The molecule has 0 unspecified atom stereocenters. The summed E-state index contributed by atoms with van der Waals surface area (Å²) in [6.07, 6.45) is 6.80. The summed E-state index contributed by atoms with van der Waals surface area (Å²) in [6.45, 7) is 1.26. The van der Waals surface area contributed by atoms with Crippen LogP contribution < -0.4 is 5.32 Å². The molecule has 2 N–H and O–H groups in total. The van der Waals surface area contributed by atoms with E-state index in [4.69, 9.17) is 0 Å². The van der Waals surface area contributed by atoms with Crippen LogP contribution in [0.1, 0.15) is 38.5 Å². The summed E-state index contributed by atoms with van der Waals surface area (Å²) in [7, 11) is -3.02. The second kappa shape index (κ2) is 5.86. The van der Waals surface area contributed by atoms with Crippen LogP contribution in [-0.2, 0) is 10.0 Å². The van der Waals surface area contributed by atoms with Crippen molar-refractivity contribution in [3.63, 3.8) is 0 Å². The average Bonchev–Trinajstić information content (AvgIpc) is 2.32. The molecule has 0 aromatic rings. The fourth-order valence-electron chi connectivity index (χ4n) is 2.93. The van der Waals surface area contributed by atoms with Crippen LogP contribution >= 0.6 is 0 Å². The highest BCUT2D eigenvalue weighted by atomic mass is 32.2. The number of aliphatic hydroxyl groups is 1. The second-order valence-corrected chi connectivity index (χ2v) is 7.59. The molecular formula is C12H24N2O3S. The zero-order valence-corrected chi connectivity index (χ0v) is 11.8. The summed E-state index contributed by atoms with van der Waals surface area (Å²) in [5, 5.41) is 13.1. The molecule has 2 aliphatic rings. The Kier molecular flexibility index (Phi) is 4.64. The summed E-state index contributed by atoms with van der Waals surface area (Å²) < 4.78 is 24.4. The van der Waals surface area contributed by atoms with Crippen molar-refractivity contribution in [2.24, 2.45) is 0 Å². The van der Waals surface area contributed by atoms with Crippen molar-refractivity contribution >= 4 is 10.0 Å². The van der Waals surface area contributed by atoms with Crippen LogP contribution in [0, 0.1) is 0 Å². The van der Waals surface area contributed by atoms with E-state index in [1.807, 2.05) is 0 Å². The minimum Gasteiger partial charge on any atom is -0.393 e. The van der Waals surface area contributed by atoms with Crippen molar-refractivity contribution in [1.82, 2.24) is 9.62 Å². The maximum atomic E-state index is 11.4. The third-order valence-electron chi connectivity index (χ3n) is 4.09. The number of hydrogen-bond donors (Lipinski definition) is 2. The predicted octanol–water partition coefficient (Wildman–Crippen LogP) is 0.304. The zero-order chi connectivity index (χ0) is 13.2. The number of hydrogen-bond acceptors (Lipinski definition) is 4. The van der Waals surface area contributed by atoms with E-state index in [1.165, 1.54) is 6.26 Å². The molecule has 0 amide bonds. The van der Waals surface area contributed by atoms with Gasteiger partial charge in [0.2, 0.25) is 10.0 Å². The van der Waals surface area contributed by atoms with Gasteiger partial charge in [-0.05, 0) is 38.5 Å². The highest BCUT2D eigenvalue weighted by Crippen LogP contribution is 2.21. The van der Waals surface area contributed by atoms with E-state index in [1.54, 1.807) is 4.31 Å². The van der Waals surface area contributed by atoms with Crippen molar-refractivity contribution in [2.75, 3.05) is 19.3 Å². The number of nitrogens with one attached hydrogen (secondary N) is 1. The fraction of sp³-hybridized carbons (Fsp3) is 1.00. The molecule has 1 aliphatic carbocycles. The monoisotopic (exact) mass is 276 g/mol. The van der Waals surface area contributed by atoms with Gasteiger partial charge in [-0.1, -0.05) is 0 Å². The summed E-state index contributed by atoms with van der Waals surface area (Å²) in [6, 6.07) is 0.937. The lowest BCUT2D eigenvalue weighted by Gasteiger charge is -2.35. The predicted molar refractivity (Wildman–Crippen MR) is 70.8 cm³/mol. The molecule has 0 radical (unpaired) electrons. The molecule has 0 atom stereocenters. The summed E-state index contributed by atoms with van der Waals surface area (Å²) in [5.41, 5.74) is 0. The lowest BCUT2D eigenvalue weighted by molar-refractivity contribution is 0.111. The molecule has 18 heavy (non-hydrogen) atoms. The largest absolute Gasteiger partial charge is 0.393 e. The number of sulfonamides is 1. The minimum atomic E-state index is -3.02. The highest BCUT2D eigenvalue weighted by Gasteiger charge is 2.27. The maximum absolute atomic E-state index is 11.4. The molecule has 1 aliphatic heterocycles. The van der Waals surface area contributed by atoms with Gasteiger partial charge in [-0.25, -0.2) is 12.7 Å². The number of aliphatic hydroxyl groups excluding tert-OH is 1. The smallest absolute Gasteiger partial charge is 0.211 e. The number of nitrogens with zero attached hydrogens (tertiary/aromatic N) is 1. The van der Waals surface area contributed by atoms with E-state index >= 15 is 0 Å². The van der Waals surface area contributed by atoms with Crippen LogP contribution in [-0.4, -0.2) is 55.4 Å². The Balaban J connectivity index is 1.74. The van der Waals surface area contributed by atoms with Gasteiger partial charge >= 0.3 is 0 Å². The first kappa shape index (κ1) is 14.2. The molecule has 106 valence electrons. The van der Waals surface area contributed by atoms with Gasteiger partial charge in [-0.3, -0.25) is 0 Å². The van der Waals surface area contributed by atoms with Crippen molar-refractivity contribution in [3.05, 3.63) is 0 Å². The van der Waals surface area contributed by atoms with Gasteiger partial charge in [0.1, 0.15) is 0 Å². The number of piperidine rings is 1. The van der Waals surface area contributed by atoms with Crippen LogP contribution in [0.4, 0.5) is 0 Å². The third-order valence-corrected chi connectivity index (χ3v) is 5.39. The van der Waals surface area contributed by atoms with Gasteiger partial charge < -0.3 is 10.4 Å². The van der Waals surface area contributed by atoms with Gasteiger partial charge in [0.05, 0.1) is 12.4 Å². The topological polar surface area (TPSA) is 69.6 Å². The molecule has 2 fully saturated rings. The van der Waals surface area contributed by atoms with Crippen LogP contribution in [0.3, 0.4) is 0 Å². The Morgan fingerprint density at radius 2 is 1.50 bits per heavy atom. The molecule has 1 heterocycles. The Morgan fingerprint density at radius 1 is 1.00 bits per heavy atom. The van der Waals surface area contributed by atoms with E-state index < -0.39 is 10.0 Å². The second-order valence-electron chi connectivity index (χ2n) is 5.61. The lowest BCUT2D eigenvalue weighted by Crippen LogP contribution is -2.48. The molecule has 0 aromatic heterocycles. The molecule has 0 spiro atoms. The minimum absolute atomic E-state index is 0.116. The van der Waals surface area contributed by atoms with Crippen molar-refractivity contribution in [2.45, 2.75) is 56.7 Å². The van der Waals surface area contributed by atoms with Crippen LogP contribution in [0.25, 0.3) is 0 Å². The summed E-state index contributed by atoms with van der Waals surface area (Å²) >= 11 is 0. The Morgan fingerprint density at radius 3 is 2.00 bits per heavy atom. The van der Waals surface area contributed by atoms with Gasteiger partial charge in [0.25, 0.3) is 0 Å². The Labute approximate surface area is 110 Å². The van der Waals surface area contributed by atoms with Crippen molar-refractivity contribution in [1.29, 1.82) is 0 Å². The van der Waals surface area contributed by atoms with Gasteiger partial charge in [-0.15, -0.1) is 0 Å². The lowest BCUT2D eigenvalue weighted by atomic mass is 9.92. The first-order valence-corrected chi connectivity index (χ1v) is 8.69. The molecule has 0 bridgehead atoms. The molecule has 0 aromatic carbocycles. The first-order chi connectivity index (χ1) is 8.45. The Hall–Kier alpha value is -0.170. The molecule has 1 saturated heterocycles. The molecule has 6 heteroatoms. The van der Waals surface area contributed by atoms with E-state index in [9.17, 15) is 13.5 Å². The van der Waals surface area contributed by atoms with E-state index in [2.05, 4.69) is 5.32 Å². The number of rotatable bonds is 3. The SMILES string of the molecule is CS(=O)(=O)N1CCC(NC2CCC(O)CC2)CC1. The molecule has 1 saturated carbocycles. The van der Waals surface area contributed by atoms with E-state index in [0.29, 0.717) is 25.2 Å². The van der Waals surface area contributed by atoms with Crippen LogP contribution in [0.2, 0.25) is 0 Å². The van der Waals surface area contributed by atoms with Crippen LogP contribution in [0.15, 0.2) is 0 Å². The molecule has 5 nitrogen and oxygen atoms in total. The zero-order valence-electron chi connectivity index (χ0n) is 11.0. The van der Waals surface area contributed by atoms with Crippen LogP contribution in [0.5, 0.6) is 0 Å². The normalized spacial score (nSPS) is 32.6. The highest BCUT2D eigenvalue weighted by molar-refractivity contribution is 7.88. The fourth-order valence-corrected chi connectivity index (χ4v) is 3.80. The molecule has 2 rings (SSSR count). The van der Waals surface area contributed by atoms with E-state index in [-0.39, 0.29) is 6.10 Å². The summed E-state index contributed by atoms with van der Waals surface area (Å²) in [4.78, 5) is 0. The van der Waals surface area contributed by atoms with Gasteiger partial charge in [-0.2, -0.15) is 0 Å². The standard InChI is InChI=1S/C12H24N2O3S/c1-18(16,17)14-8-6-11(7-9-14)13-10-2-4-12(15)5-3-10/h10-13,15H,2-9H2,1H3.